The van der Waals surface area contributed by atoms with Crippen LogP contribution in [-0.4, -0.2) is 22.5 Å². The van der Waals surface area contributed by atoms with E-state index < -0.39 is 11.0 Å². The van der Waals surface area contributed by atoms with Gasteiger partial charge in [0, 0.05) is 19.0 Å². The molecule has 0 spiro atoms. The molecule has 24 heavy (non-hydrogen) atoms. The van der Waals surface area contributed by atoms with Crippen LogP contribution in [0.1, 0.15) is 17.7 Å². The van der Waals surface area contributed by atoms with Gasteiger partial charge in [0.1, 0.15) is 18.5 Å². The number of carbonyl (C=O) groups excluding carboxylic acids is 1. The van der Waals surface area contributed by atoms with Crippen molar-refractivity contribution in [3.05, 3.63) is 70.0 Å². The van der Waals surface area contributed by atoms with E-state index in [2.05, 4.69) is 22.1 Å². The third-order valence-corrected chi connectivity index (χ3v) is 2.91. The second-order valence-electron chi connectivity index (χ2n) is 4.70. The van der Waals surface area contributed by atoms with E-state index in [0.29, 0.717) is 18.7 Å². The van der Waals surface area contributed by atoms with E-state index >= 15 is 0 Å². The molecule has 1 aromatic carbocycles. The van der Waals surface area contributed by atoms with Crippen LogP contribution in [0.15, 0.2) is 48.7 Å². The summed E-state index contributed by atoms with van der Waals surface area (Å²) >= 11 is 0. The Morgan fingerprint density at radius 1 is 1.25 bits per heavy atom. The maximum absolute atomic E-state index is 11.5. The number of hydrogen-bond donors (Lipinski definition) is 1. The summed E-state index contributed by atoms with van der Waals surface area (Å²) in [5, 5.41) is 13.1. The van der Waals surface area contributed by atoms with E-state index in [-0.39, 0.29) is 12.3 Å². The van der Waals surface area contributed by atoms with Crippen molar-refractivity contribution < 1.29 is 14.5 Å². The maximum Gasteiger partial charge on any atom is 0.407 e. The Morgan fingerprint density at radius 2 is 2.04 bits per heavy atom. The summed E-state index contributed by atoms with van der Waals surface area (Å²) < 4.78 is 5.05. The monoisotopic (exact) mass is 325 g/mol. The molecule has 0 saturated carbocycles. The fourth-order valence-corrected chi connectivity index (χ4v) is 1.72. The first-order valence-corrected chi connectivity index (χ1v) is 7.19. The minimum absolute atomic E-state index is 0.0802. The number of aromatic nitrogens is 1. The van der Waals surface area contributed by atoms with Gasteiger partial charge in [-0.15, -0.1) is 0 Å². The third kappa shape index (κ3) is 5.77. The van der Waals surface area contributed by atoms with E-state index in [9.17, 15) is 14.9 Å². The molecule has 2 aromatic rings. The van der Waals surface area contributed by atoms with Crippen molar-refractivity contribution in [1.29, 1.82) is 0 Å². The van der Waals surface area contributed by atoms with Crippen molar-refractivity contribution in [2.45, 2.75) is 13.0 Å². The van der Waals surface area contributed by atoms with Crippen molar-refractivity contribution in [3.63, 3.8) is 0 Å². The zero-order valence-corrected chi connectivity index (χ0v) is 12.8. The lowest BCUT2D eigenvalue weighted by molar-refractivity contribution is -0.385. The van der Waals surface area contributed by atoms with Gasteiger partial charge in [0.2, 0.25) is 0 Å². The molecule has 1 amide bonds. The summed E-state index contributed by atoms with van der Waals surface area (Å²) in [6, 6.07) is 12.2. The average molecular weight is 325 g/mol. The zero-order valence-electron chi connectivity index (χ0n) is 12.8. The first kappa shape index (κ1) is 17.0. The van der Waals surface area contributed by atoms with Crippen LogP contribution in [0.5, 0.6) is 0 Å². The molecule has 7 nitrogen and oxygen atoms in total. The van der Waals surface area contributed by atoms with E-state index in [4.69, 9.17) is 4.74 Å². The number of nitrogens with one attached hydrogen (secondary N) is 1. The highest BCUT2D eigenvalue weighted by atomic mass is 16.6. The lowest BCUT2D eigenvalue weighted by Crippen LogP contribution is -2.24. The molecule has 0 aliphatic rings. The van der Waals surface area contributed by atoms with Gasteiger partial charge in [-0.2, -0.15) is 0 Å². The lowest BCUT2D eigenvalue weighted by Gasteiger charge is -2.05. The fourth-order valence-electron chi connectivity index (χ4n) is 1.72. The summed E-state index contributed by atoms with van der Waals surface area (Å²) in [7, 11) is 0. The molecule has 0 unspecified atom stereocenters. The number of amides is 1. The number of ether oxygens (including phenoxy) is 1. The molecule has 122 valence electrons. The molecule has 0 atom stereocenters. The standard InChI is InChI=1S/C17H15N3O4/c21-17(24-13-14-6-2-1-3-7-14)18-11-5-4-8-15-9-10-16(12-19-15)20(22)23/h1-3,6-7,9-10,12H,5,11,13H2,(H,18,21). The first-order chi connectivity index (χ1) is 11.6. The van der Waals surface area contributed by atoms with E-state index in [0.717, 1.165) is 11.8 Å². The van der Waals surface area contributed by atoms with Gasteiger partial charge in [-0.3, -0.25) is 10.1 Å². The molecule has 1 N–H and O–H groups in total. The summed E-state index contributed by atoms with van der Waals surface area (Å²) in [5.74, 6) is 5.59. The van der Waals surface area contributed by atoms with Crippen LogP contribution in [0.4, 0.5) is 10.5 Å². The highest BCUT2D eigenvalue weighted by Crippen LogP contribution is 2.07. The number of benzene rings is 1. The number of pyridine rings is 1. The predicted octanol–water partition coefficient (Wildman–Crippen LogP) is 2.66. The zero-order chi connectivity index (χ0) is 17.2. The van der Waals surface area contributed by atoms with Gasteiger partial charge in [-0.1, -0.05) is 36.3 Å². The quantitative estimate of drug-likeness (QED) is 0.395. The molecule has 0 saturated heterocycles. The van der Waals surface area contributed by atoms with Crippen molar-refractivity contribution in [3.8, 4) is 11.8 Å². The molecule has 0 aliphatic carbocycles. The van der Waals surface area contributed by atoms with Crippen molar-refractivity contribution in [1.82, 2.24) is 10.3 Å². The highest BCUT2D eigenvalue weighted by molar-refractivity contribution is 5.67. The number of rotatable bonds is 5. The molecule has 1 heterocycles. The SMILES string of the molecule is O=C(NCCC#Cc1ccc([N+](=O)[O-])cn1)OCc1ccccc1. The van der Waals surface area contributed by atoms with Gasteiger partial charge in [0.15, 0.2) is 0 Å². The maximum atomic E-state index is 11.5. The number of hydrogen-bond acceptors (Lipinski definition) is 5. The molecule has 2 rings (SSSR count). The number of nitro groups is 1. The van der Waals surface area contributed by atoms with Crippen LogP contribution in [-0.2, 0) is 11.3 Å². The summed E-state index contributed by atoms with van der Waals surface area (Å²) in [6.07, 6.45) is 1.07. The van der Waals surface area contributed by atoms with Crippen LogP contribution in [0.3, 0.4) is 0 Å². The van der Waals surface area contributed by atoms with Gasteiger partial charge < -0.3 is 10.1 Å². The lowest BCUT2D eigenvalue weighted by atomic mass is 10.2. The molecule has 0 fully saturated rings. The smallest absolute Gasteiger partial charge is 0.407 e. The highest BCUT2D eigenvalue weighted by Gasteiger charge is 2.03. The van der Waals surface area contributed by atoms with Gasteiger partial charge in [-0.05, 0) is 17.6 Å². The minimum atomic E-state index is -0.519. The molecule has 0 bridgehead atoms. The van der Waals surface area contributed by atoms with E-state index in [1.807, 2.05) is 30.3 Å². The Bertz CT molecular complexity index is 749. The van der Waals surface area contributed by atoms with Crippen molar-refractivity contribution >= 4 is 11.8 Å². The van der Waals surface area contributed by atoms with Gasteiger partial charge in [0.05, 0.1) is 4.92 Å². The minimum Gasteiger partial charge on any atom is -0.445 e. The summed E-state index contributed by atoms with van der Waals surface area (Å²) in [4.78, 5) is 25.3. The second kappa shape index (κ2) is 8.90. The Morgan fingerprint density at radius 3 is 2.71 bits per heavy atom. The predicted molar refractivity (Wildman–Crippen MR) is 87.0 cm³/mol. The third-order valence-electron chi connectivity index (χ3n) is 2.91. The largest absolute Gasteiger partial charge is 0.445 e. The molecule has 7 heteroatoms. The van der Waals surface area contributed by atoms with Crippen LogP contribution in [0.25, 0.3) is 0 Å². The topological polar surface area (TPSA) is 94.4 Å². The molecular weight excluding hydrogens is 310 g/mol. The Hall–Kier alpha value is -3.40. The molecule has 1 aromatic heterocycles. The van der Waals surface area contributed by atoms with E-state index in [1.165, 1.54) is 12.1 Å². The number of nitrogens with zero attached hydrogens (tertiary/aromatic N) is 2. The summed E-state index contributed by atoms with van der Waals surface area (Å²) in [6.45, 7) is 0.554. The van der Waals surface area contributed by atoms with Crippen molar-refractivity contribution in [2.75, 3.05) is 6.54 Å². The van der Waals surface area contributed by atoms with Gasteiger partial charge in [0.25, 0.3) is 5.69 Å². The normalized spacial score (nSPS) is 9.50. The van der Waals surface area contributed by atoms with Gasteiger partial charge >= 0.3 is 6.09 Å². The van der Waals surface area contributed by atoms with Crippen LogP contribution in [0, 0.1) is 22.0 Å². The Balaban J connectivity index is 1.67. The first-order valence-electron chi connectivity index (χ1n) is 7.19. The second-order valence-corrected chi connectivity index (χ2v) is 4.70. The molecule has 0 radical (unpaired) electrons. The van der Waals surface area contributed by atoms with Crippen molar-refractivity contribution in [2.24, 2.45) is 0 Å². The molecule has 0 aliphatic heterocycles. The number of carbonyl (C=O) groups is 1. The van der Waals surface area contributed by atoms with Crippen LogP contribution < -0.4 is 5.32 Å². The van der Waals surface area contributed by atoms with Crippen LogP contribution >= 0.6 is 0 Å². The molecular formula is C17H15N3O4. The summed E-state index contributed by atoms with van der Waals surface area (Å²) in [5.41, 5.74) is 1.27. The Kier molecular flexibility index (Phi) is 6.29. The van der Waals surface area contributed by atoms with Gasteiger partial charge in [-0.25, -0.2) is 9.78 Å². The number of alkyl carbamates (subject to hydrolysis) is 1. The Labute approximate surface area is 138 Å². The van der Waals surface area contributed by atoms with Crippen LogP contribution in [0.2, 0.25) is 0 Å². The average Bonchev–Trinajstić information content (AvgIpc) is 2.61. The fraction of sp³-hybridized carbons (Fsp3) is 0.176. The van der Waals surface area contributed by atoms with E-state index in [1.54, 1.807) is 0 Å².